The number of carbonyl (C=O) groups excluding carboxylic acids is 2. The number of carbonyl (C=O) groups is 2. The maximum Gasteiger partial charge on any atom is 0.312 e. The van der Waals surface area contributed by atoms with Crippen LogP contribution in [0, 0.1) is 0 Å². The van der Waals surface area contributed by atoms with Crippen LogP contribution in [0.15, 0.2) is 21.7 Å². The Morgan fingerprint density at radius 1 is 1.21 bits per heavy atom. The van der Waals surface area contributed by atoms with Gasteiger partial charge in [0.15, 0.2) is 0 Å². The van der Waals surface area contributed by atoms with Crippen LogP contribution in [-0.2, 0) is 14.8 Å². The third-order valence-corrected chi connectivity index (χ3v) is 7.07. The van der Waals surface area contributed by atoms with Crippen molar-refractivity contribution >= 4 is 33.3 Å². The first-order chi connectivity index (χ1) is 11.4. The second kappa shape index (κ2) is 8.45. The number of urea groups is 1. The molecular formula is C14H22N4O4S2. The lowest BCUT2D eigenvalue weighted by Crippen LogP contribution is -2.50. The second-order valence-corrected chi connectivity index (χ2v) is 8.58. The topological polar surface area (TPSA) is 113 Å². The Kier molecular flexibility index (Phi) is 6.58. The number of amides is 3. The third kappa shape index (κ3) is 4.92. The summed E-state index contributed by atoms with van der Waals surface area (Å²) >= 11 is 1.20. The highest BCUT2D eigenvalue weighted by Gasteiger charge is 2.30. The predicted octanol–water partition coefficient (Wildman–Crippen LogP) is 0.420. The monoisotopic (exact) mass is 374 g/mol. The fourth-order valence-corrected chi connectivity index (χ4v) is 5.05. The van der Waals surface area contributed by atoms with Crippen molar-refractivity contribution in [2.45, 2.75) is 23.5 Å². The van der Waals surface area contributed by atoms with Crippen molar-refractivity contribution in [3.63, 3.8) is 0 Å². The van der Waals surface area contributed by atoms with E-state index in [2.05, 4.69) is 5.32 Å². The summed E-state index contributed by atoms with van der Waals surface area (Å²) in [5.74, 6) is 0.0160. The molecule has 0 aromatic carbocycles. The van der Waals surface area contributed by atoms with Crippen molar-refractivity contribution in [3.05, 3.63) is 17.5 Å². The Labute approximate surface area is 145 Å². The van der Waals surface area contributed by atoms with Gasteiger partial charge in [-0.3, -0.25) is 4.79 Å². The summed E-state index contributed by atoms with van der Waals surface area (Å²) in [5.41, 5.74) is 4.96. The smallest absolute Gasteiger partial charge is 0.312 e. The van der Waals surface area contributed by atoms with Crippen LogP contribution in [0.4, 0.5) is 4.79 Å². The lowest BCUT2D eigenvalue weighted by Gasteiger charge is -2.33. The number of piperazine rings is 1. The first kappa shape index (κ1) is 18.7. The molecule has 2 heterocycles. The van der Waals surface area contributed by atoms with Gasteiger partial charge in [-0.15, -0.1) is 11.3 Å². The van der Waals surface area contributed by atoms with Crippen LogP contribution in [0.2, 0.25) is 0 Å². The van der Waals surface area contributed by atoms with Crippen molar-refractivity contribution in [2.75, 3.05) is 32.7 Å². The Bertz CT molecular complexity index is 652. The molecule has 1 aliphatic heterocycles. The number of hydrogen-bond acceptors (Lipinski definition) is 5. The Morgan fingerprint density at radius 2 is 1.92 bits per heavy atom. The molecule has 3 N–H and O–H groups in total. The number of nitrogens with two attached hydrogens (primary N) is 1. The van der Waals surface area contributed by atoms with E-state index in [-0.39, 0.29) is 5.91 Å². The molecule has 1 aliphatic rings. The lowest BCUT2D eigenvalue weighted by atomic mass is 10.2. The molecule has 3 amide bonds. The average Bonchev–Trinajstić information content (AvgIpc) is 3.09. The second-order valence-electron chi connectivity index (χ2n) is 5.47. The van der Waals surface area contributed by atoms with E-state index < -0.39 is 16.1 Å². The number of hydrogen-bond donors (Lipinski definition) is 2. The van der Waals surface area contributed by atoms with Crippen molar-refractivity contribution in [2.24, 2.45) is 5.73 Å². The summed E-state index contributed by atoms with van der Waals surface area (Å²) in [6, 6.07) is 2.74. The van der Waals surface area contributed by atoms with Crippen LogP contribution in [0.3, 0.4) is 0 Å². The van der Waals surface area contributed by atoms with Crippen molar-refractivity contribution < 1.29 is 18.0 Å². The molecule has 1 saturated heterocycles. The van der Waals surface area contributed by atoms with Gasteiger partial charge in [0, 0.05) is 39.1 Å². The minimum Gasteiger partial charge on any atom is -0.352 e. The van der Waals surface area contributed by atoms with Gasteiger partial charge in [0.25, 0.3) is 10.0 Å². The van der Waals surface area contributed by atoms with Crippen molar-refractivity contribution in [3.8, 4) is 0 Å². The van der Waals surface area contributed by atoms with Crippen LogP contribution in [0.1, 0.15) is 19.3 Å². The van der Waals surface area contributed by atoms with Crippen LogP contribution in [0.5, 0.6) is 0 Å². The molecule has 0 atom stereocenters. The number of nitrogens with one attached hydrogen (secondary N) is 1. The molecule has 134 valence electrons. The van der Waals surface area contributed by atoms with E-state index in [0.29, 0.717) is 56.2 Å². The number of unbranched alkanes of at least 4 members (excludes halogenated alkanes) is 1. The number of sulfonamides is 1. The van der Waals surface area contributed by atoms with Gasteiger partial charge in [0.05, 0.1) is 0 Å². The van der Waals surface area contributed by atoms with E-state index in [4.69, 9.17) is 5.73 Å². The highest BCUT2D eigenvalue weighted by molar-refractivity contribution is 7.91. The third-order valence-electron chi connectivity index (χ3n) is 3.80. The molecule has 0 aliphatic carbocycles. The zero-order chi connectivity index (χ0) is 17.6. The van der Waals surface area contributed by atoms with Crippen LogP contribution >= 0.6 is 11.3 Å². The van der Waals surface area contributed by atoms with Crippen LogP contribution < -0.4 is 11.1 Å². The van der Waals surface area contributed by atoms with E-state index in [0.717, 1.165) is 0 Å². The molecule has 0 saturated carbocycles. The van der Waals surface area contributed by atoms with Gasteiger partial charge in [0.1, 0.15) is 4.21 Å². The van der Waals surface area contributed by atoms with Gasteiger partial charge >= 0.3 is 6.03 Å². The SMILES string of the molecule is NC(=O)NCCCCC(=O)N1CCN(S(=O)(=O)c2cccs2)CC1. The van der Waals surface area contributed by atoms with E-state index in [1.165, 1.54) is 15.6 Å². The summed E-state index contributed by atoms with van der Waals surface area (Å²) in [6.07, 6.45) is 1.73. The van der Waals surface area contributed by atoms with Gasteiger partial charge in [-0.05, 0) is 24.3 Å². The summed E-state index contributed by atoms with van der Waals surface area (Å²) in [6.45, 7) is 1.89. The molecule has 0 radical (unpaired) electrons. The summed E-state index contributed by atoms with van der Waals surface area (Å²) < 4.78 is 26.6. The van der Waals surface area contributed by atoms with Crippen molar-refractivity contribution in [1.29, 1.82) is 0 Å². The Hall–Kier alpha value is -1.65. The Morgan fingerprint density at radius 3 is 2.50 bits per heavy atom. The molecule has 0 bridgehead atoms. The number of primary amides is 1. The largest absolute Gasteiger partial charge is 0.352 e. The van der Waals surface area contributed by atoms with Gasteiger partial charge < -0.3 is 16.0 Å². The first-order valence-corrected chi connectivity index (χ1v) is 10.1. The van der Waals surface area contributed by atoms with Gasteiger partial charge in [-0.25, -0.2) is 13.2 Å². The summed E-state index contributed by atoms with van der Waals surface area (Å²) in [4.78, 5) is 24.3. The molecule has 1 aromatic rings. The number of rotatable bonds is 7. The molecule has 1 aromatic heterocycles. The molecule has 1 fully saturated rings. The van der Waals surface area contributed by atoms with Gasteiger partial charge in [0.2, 0.25) is 5.91 Å². The van der Waals surface area contributed by atoms with E-state index in [1.807, 2.05) is 0 Å². The zero-order valence-corrected chi connectivity index (χ0v) is 14.9. The maximum absolute atomic E-state index is 12.4. The standard InChI is InChI=1S/C14H22N4O4S2/c15-14(20)16-6-2-1-4-12(19)17-7-9-18(10-8-17)24(21,22)13-5-3-11-23-13/h3,5,11H,1-2,4,6-10H2,(H3,15,16,20). The fourth-order valence-electron chi connectivity index (χ4n) is 2.49. The van der Waals surface area contributed by atoms with Crippen LogP contribution in [-0.4, -0.2) is 62.3 Å². The first-order valence-electron chi connectivity index (χ1n) is 7.76. The zero-order valence-electron chi connectivity index (χ0n) is 13.3. The summed E-state index contributed by atoms with van der Waals surface area (Å²) in [7, 11) is -3.44. The average molecular weight is 374 g/mol. The van der Waals surface area contributed by atoms with Crippen LogP contribution in [0.25, 0.3) is 0 Å². The lowest BCUT2D eigenvalue weighted by molar-refractivity contribution is -0.132. The maximum atomic E-state index is 12.4. The molecule has 10 heteroatoms. The van der Waals surface area contributed by atoms with Gasteiger partial charge in [-0.2, -0.15) is 4.31 Å². The molecular weight excluding hydrogens is 352 g/mol. The molecule has 8 nitrogen and oxygen atoms in total. The normalized spacial score (nSPS) is 16.1. The highest BCUT2D eigenvalue weighted by atomic mass is 32.2. The quantitative estimate of drug-likeness (QED) is 0.673. The van der Waals surface area contributed by atoms with E-state index in [9.17, 15) is 18.0 Å². The molecule has 0 spiro atoms. The van der Waals surface area contributed by atoms with Gasteiger partial charge in [-0.1, -0.05) is 6.07 Å². The Balaban J connectivity index is 1.74. The number of nitrogens with zero attached hydrogens (tertiary/aromatic N) is 2. The predicted molar refractivity (Wildman–Crippen MR) is 91.1 cm³/mol. The molecule has 2 rings (SSSR count). The van der Waals surface area contributed by atoms with E-state index in [1.54, 1.807) is 22.4 Å². The number of thiophene rings is 1. The minimum atomic E-state index is -3.44. The minimum absolute atomic E-state index is 0.0160. The fraction of sp³-hybridized carbons (Fsp3) is 0.571. The molecule has 0 unspecified atom stereocenters. The van der Waals surface area contributed by atoms with Crippen molar-refractivity contribution in [1.82, 2.24) is 14.5 Å². The molecule has 24 heavy (non-hydrogen) atoms. The summed E-state index contributed by atoms with van der Waals surface area (Å²) in [5, 5.41) is 4.21. The van der Waals surface area contributed by atoms with E-state index >= 15 is 0 Å². The highest BCUT2D eigenvalue weighted by Crippen LogP contribution is 2.22.